The molecule has 1 N–H and O–H groups in total. The van der Waals surface area contributed by atoms with E-state index in [-0.39, 0.29) is 0 Å². The highest BCUT2D eigenvalue weighted by Gasteiger charge is 1.99. The van der Waals surface area contributed by atoms with Crippen LogP contribution in [0.3, 0.4) is 0 Å². The molecule has 0 fully saturated rings. The van der Waals surface area contributed by atoms with Gasteiger partial charge in [-0.05, 0) is 30.4 Å². The summed E-state index contributed by atoms with van der Waals surface area (Å²) in [5, 5.41) is 3.44. The molecule has 0 saturated carbocycles. The summed E-state index contributed by atoms with van der Waals surface area (Å²) in [7, 11) is 0. The van der Waals surface area contributed by atoms with Crippen LogP contribution in [-0.4, -0.2) is 18.1 Å². The van der Waals surface area contributed by atoms with Gasteiger partial charge in [-0.2, -0.15) is 11.8 Å². The molecule has 0 aliphatic carbocycles. The topological polar surface area (TPSA) is 12.0 Å². The molecule has 0 atom stereocenters. The van der Waals surface area contributed by atoms with E-state index in [9.17, 15) is 0 Å². The fraction of sp³-hybridized carbons (Fsp3) is 0.455. The standard InChI is InChI=1S/C11H16BrNS/c1-3-14-8-7-13-11-6-4-5-10(12)9(11)2/h4-6,13H,3,7-8H2,1-2H3. The van der Waals surface area contributed by atoms with Crippen molar-refractivity contribution < 1.29 is 0 Å². The van der Waals surface area contributed by atoms with Crippen molar-refractivity contribution in [1.29, 1.82) is 0 Å². The van der Waals surface area contributed by atoms with Crippen LogP contribution >= 0.6 is 27.7 Å². The molecule has 0 aliphatic heterocycles. The van der Waals surface area contributed by atoms with E-state index in [0.29, 0.717) is 0 Å². The van der Waals surface area contributed by atoms with Crippen LogP contribution in [0.5, 0.6) is 0 Å². The summed E-state index contributed by atoms with van der Waals surface area (Å²) >= 11 is 5.49. The smallest absolute Gasteiger partial charge is 0.0381 e. The molecule has 78 valence electrons. The third kappa shape index (κ3) is 3.54. The van der Waals surface area contributed by atoms with E-state index in [1.807, 2.05) is 11.8 Å². The second-order valence-corrected chi connectivity index (χ2v) is 5.28. The van der Waals surface area contributed by atoms with Crippen molar-refractivity contribution in [2.24, 2.45) is 0 Å². The van der Waals surface area contributed by atoms with Crippen LogP contribution < -0.4 is 5.32 Å². The van der Waals surface area contributed by atoms with Crippen LogP contribution in [0.15, 0.2) is 22.7 Å². The van der Waals surface area contributed by atoms with Gasteiger partial charge < -0.3 is 5.32 Å². The Balaban J connectivity index is 2.46. The molecule has 1 nitrogen and oxygen atoms in total. The van der Waals surface area contributed by atoms with Crippen molar-refractivity contribution in [3.05, 3.63) is 28.2 Å². The zero-order chi connectivity index (χ0) is 10.4. The summed E-state index contributed by atoms with van der Waals surface area (Å²) < 4.78 is 1.17. The zero-order valence-electron chi connectivity index (χ0n) is 8.64. The van der Waals surface area contributed by atoms with Crippen LogP contribution in [-0.2, 0) is 0 Å². The maximum atomic E-state index is 3.52. The lowest BCUT2D eigenvalue weighted by molar-refractivity contribution is 1.21. The van der Waals surface area contributed by atoms with Crippen molar-refractivity contribution in [2.75, 3.05) is 23.4 Å². The van der Waals surface area contributed by atoms with Gasteiger partial charge in [-0.25, -0.2) is 0 Å². The number of benzene rings is 1. The van der Waals surface area contributed by atoms with Gasteiger partial charge in [0.25, 0.3) is 0 Å². The third-order valence-corrected chi connectivity index (χ3v) is 3.79. The highest BCUT2D eigenvalue weighted by Crippen LogP contribution is 2.23. The highest BCUT2D eigenvalue weighted by molar-refractivity contribution is 9.10. The Bertz CT molecular complexity index is 289. The number of anilines is 1. The lowest BCUT2D eigenvalue weighted by Gasteiger charge is -2.09. The number of hydrogen-bond donors (Lipinski definition) is 1. The van der Waals surface area contributed by atoms with Crippen LogP contribution in [0.25, 0.3) is 0 Å². The lowest BCUT2D eigenvalue weighted by atomic mass is 10.2. The average Bonchev–Trinajstić information content (AvgIpc) is 2.19. The third-order valence-electron chi connectivity index (χ3n) is 2.03. The average molecular weight is 274 g/mol. The predicted molar refractivity (Wildman–Crippen MR) is 70.4 cm³/mol. The first-order valence-electron chi connectivity index (χ1n) is 4.82. The van der Waals surface area contributed by atoms with Crippen molar-refractivity contribution in [3.63, 3.8) is 0 Å². The molecule has 1 rings (SSSR count). The van der Waals surface area contributed by atoms with Crippen molar-refractivity contribution in [3.8, 4) is 0 Å². The summed E-state index contributed by atoms with van der Waals surface area (Å²) in [5.74, 6) is 2.36. The first kappa shape index (κ1) is 11.9. The number of thioether (sulfide) groups is 1. The molecule has 0 heterocycles. The van der Waals surface area contributed by atoms with E-state index in [2.05, 4.69) is 53.3 Å². The normalized spacial score (nSPS) is 10.2. The molecule has 0 unspecified atom stereocenters. The Morgan fingerprint density at radius 2 is 2.21 bits per heavy atom. The number of nitrogens with one attached hydrogen (secondary N) is 1. The van der Waals surface area contributed by atoms with Gasteiger partial charge in [-0.15, -0.1) is 0 Å². The Hall–Kier alpha value is -0.150. The van der Waals surface area contributed by atoms with Crippen molar-refractivity contribution in [2.45, 2.75) is 13.8 Å². The van der Waals surface area contributed by atoms with Gasteiger partial charge in [0.05, 0.1) is 0 Å². The molecule has 1 aromatic rings. The van der Waals surface area contributed by atoms with Crippen LogP contribution in [0.1, 0.15) is 12.5 Å². The minimum atomic E-state index is 1.04. The predicted octanol–water partition coefficient (Wildman–Crippen LogP) is 3.92. The zero-order valence-corrected chi connectivity index (χ0v) is 11.0. The van der Waals surface area contributed by atoms with Gasteiger partial charge in [0.2, 0.25) is 0 Å². The Morgan fingerprint density at radius 1 is 1.43 bits per heavy atom. The molecule has 0 radical (unpaired) electrons. The molecule has 1 aromatic carbocycles. The Morgan fingerprint density at radius 3 is 2.93 bits per heavy atom. The van der Waals surface area contributed by atoms with Gasteiger partial charge in [0, 0.05) is 22.5 Å². The summed E-state index contributed by atoms with van der Waals surface area (Å²) in [6.07, 6.45) is 0. The van der Waals surface area contributed by atoms with E-state index in [0.717, 1.165) is 6.54 Å². The fourth-order valence-corrected chi connectivity index (χ4v) is 2.10. The summed E-state index contributed by atoms with van der Waals surface area (Å²) in [4.78, 5) is 0. The van der Waals surface area contributed by atoms with Gasteiger partial charge in [0.1, 0.15) is 0 Å². The second-order valence-electron chi connectivity index (χ2n) is 3.04. The Labute approximate surface area is 98.8 Å². The number of halogens is 1. The van der Waals surface area contributed by atoms with Crippen molar-refractivity contribution in [1.82, 2.24) is 0 Å². The SMILES string of the molecule is CCSCCNc1cccc(Br)c1C. The van der Waals surface area contributed by atoms with Crippen molar-refractivity contribution >= 4 is 33.4 Å². The lowest BCUT2D eigenvalue weighted by Crippen LogP contribution is -2.05. The van der Waals surface area contributed by atoms with E-state index in [1.54, 1.807) is 0 Å². The van der Waals surface area contributed by atoms with E-state index in [1.165, 1.54) is 27.2 Å². The molecule has 0 bridgehead atoms. The first-order chi connectivity index (χ1) is 6.75. The second kappa shape index (κ2) is 6.36. The van der Waals surface area contributed by atoms with E-state index >= 15 is 0 Å². The minimum absolute atomic E-state index is 1.04. The molecule has 0 amide bonds. The highest BCUT2D eigenvalue weighted by atomic mass is 79.9. The van der Waals surface area contributed by atoms with E-state index in [4.69, 9.17) is 0 Å². The van der Waals surface area contributed by atoms with Crippen LogP contribution in [0, 0.1) is 6.92 Å². The Kier molecular flexibility index (Phi) is 5.41. The van der Waals surface area contributed by atoms with Gasteiger partial charge in [-0.1, -0.05) is 28.9 Å². The number of hydrogen-bond acceptors (Lipinski definition) is 2. The fourth-order valence-electron chi connectivity index (χ4n) is 1.20. The molecule has 0 spiro atoms. The molecule has 3 heteroatoms. The monoisotopic (exact) mass is 273 g/mol. The summed E-state index contributed by atoms with van der Waals surface area (Å²) in [6, 6.07) is 6.25. The molecule has 14 heavy (non-hydrogen) atoms. The van der Waals surface area contributed by atoms with Gasteiger partial charge in [-0.3, -0.25) is 0 Å². The molecule has 0 saturated heterocycles. The molecular formula is C11H16BrNS. The summed E-state index contributed by atoms with van der Waals surface area (Å²) in [6.45, 7) is 5.35. The molecule has 0 aromatic heterocycles. The first-order valence-corrected chi connectivity index (χ1v) is 6.77. The minimum Gasteiger partial charge on any atom is -0.384 e. The maximum Gasteiger partial charge on any atom is 0.0381 e. The maximum absolute atomic E-state index is 3.52. The molecule has 0 aliphatic rings. The van der Waals surface area contributed by atoms with Crippen LogP contribution in [0.4, 0.5) is 5.69 Å². The van der Waals surface area contributed by atoms with E-state index < -0.39 is 0 Å². The summed E-state index contributed by atoms with van der Waals surface area (Å²) in [5.41, 5.74) is 2.52. The van der Waals surface area contributed by atoms with Gasteiger partial charge in [0.15, 0.2) is 0 Å². The van der Waals surface area contributed by atoms with Crippen LogP contribution in [0.2, 0.25) is 0 Å². The largest absolute Gasteiger partial charge is 0.384 e. The quantitative estimate of drug-likeness (QED) is 0.817. The molecular weight excluding hydrogens is 258 g/mol. The number of rotatable bonds is 5. The van der Waals surface area contributed by atoms with Gasteiger partial charge >= 0.3 is 0 Å².